The van der Waals surface area contributed by atoms with E-state index in [1.165, 1.54) is 6.92 Å². The molecule has 0 bridgehead atoms. The zero-order valence-electron chi connectivity index (χ0n) is 5.99. The van der Waals surface area contributed by atoms with Gasteiger partial charge < -0.3 is 0 Å². The normalized spacial score (nSPS) is 11.6. The number of hydrogen-bond acceptors (Lipinski definition) is 2. The lowest BCUT2D eigenvalue weighted by atomic mass is 10.3. The number of rotatable bonds is 3. The van der Waals surface area contributed by atoms with Crippen LogP contribution in [-0.2, 0) is 4.79 Å². The van der Waals surface area contributed by atoms with Gasteiger partial charge in [-0.05, 0) is 6.92 Å². The third kappa shape index (κ3) is 7.88. The van der Waals surface area contributed by atoms with Gasteiger partial charge in [-0.15, -0.1) is 0 Å². The minimum Gasteiger partial charge on any atom is -0.288 e. The van der Waals surface area contributed by atoms with E-state index in [1.807, 2.05) is 0 Å². The monoisotopic (exact) mass is 168 g/mol. The number of hydrogen-bond donors (Lipinski definition) is 0. The molecule has 0 saturated carbocycles. The molecule has 0 aromatic carbocycles. The van der Waals surface area contributed by atoms with Gasteiger partial charge in [-0.3, -0.25) is 4.79 Å². The maximum absolute atomic E-state index is 12.0. The fraction of sp³-hybridized carbons (Fsp3) is 0.833. The SMILES string of the molecule is CC(=O)SCCC(C)(F)F. The highest BCUT2D eigenvalue weighted by molar-refractivity contribution is 8.13. The number of thioether (sulfide) groups is 1. The van der Waals surface area contributed by atoms with E-state index in [0.717, 1.165) is 18.7 Å². The molecule has 1 nitrogen and oxygen atoms in total. The Balaban J connectivity index is 3.29. The molecule has 0 aromatic heterocycles. The van der Waals surface area contributed by atoms with Crippen molar-refractivity contribution in [2.75, 3.05) is 5.75 Å². The van der Waals surface area contributed by atoms with Crippen LogP contribution in [0.3, 0.4) is 0 Å². The van der Waals surface area contributed by atoms with Gasteiger partial charge in [-0.1, -0.05) is 11.8 Å². The lowest BCUT2D eigenvalue weighted by Gasteiger charge is -2.07. The Morgan fingerprint density at radius 2 is 2.10 bits per heavy atom. The quantitative estimate of drug-likeness (QED) is 0.643. The Bertz CT molecular complexity index is 119. The molecular weight excluding hydrogens is 158 g/mol. The molecule has 0 amide bonds. The van der Waals surface area contributed by atoms with E-state index >= 15 is 0 Å². The molecule has 0 aromatic rings. The van der Waals surface area contributed by atoms with Crippen molar-refractivity contribution in [1.29, 1.82) is 0 Å². The van der Waals surface area contributed by atoms with E-state index in [1.54, 1.807) is 0 Å². The average molecular weight is 168 g/mol. The molecule has 10 heavy (non-hydrogen) atoms. The fourth-order valence-corrected chi connectivity index (χ4v) is 1.12. The second kappa shape index (κ2) is 3.91. The Morgan fingerprint density at radius 3 is 2.40 bits per heavy atom. The molecule has 0 aliphatic heterocycles. The summed E-state index contributed by atoms with van der Waals surface area (Å²) in [5, 5.41) is -0.107. The van der Waals surface area contributed by atoms with Crippen LogP contribution in [0.4, 0.5) is 8.78 Å². The van der Waals surface area contributed by atoms with E-state index in [-0.39, 0.29) is 17.3 Å². The molecular formula is C6H10F2OS. The second-order valence-electron chi connectivity index (χ2n) is 2.16. The van der Waals surface area contributed by atoms with Gasteiger partial charge in [0.25, 0.3) is 0 Å². The zero-order chi connectivity index (χ0) is 8.20. The van der Waals surface area contributed by atoms with Crippen molar-refractivity contribution in [2.45, 2.75) is 26.2 Å². The van der Waals surface area contributed by atoms with Crippen LogP contribution in [-0.4, -0.2) is 16.8 Å². The van der Waals surface area contributed by atoms with Crippen molar-refractivity contribution in [3.63, 3.8) is 0 Å². The van der Waals surface area contributed by atoms with E-state index in [9.17, 15) is 13.6 Å². The highest BCUT2D eigenvalue weighted by atomic mass is 32.2. The van der Waals surface area contributed by atoms with E-state index in [4.69, 9.17) is 0 Å². The molecule has 0 heterocycles. The largest absolute Gasteiger partial charge is 0.288 e. The summed E-state index contributed by atoms with van der Waals surface area (Å²) in [6.07, 6.45) is -0.225. The van der Waals surface area contributed by atoms with Crippen LogP contribution in [0, 0.1) is 0 Å². The zero-order valence-corrected chi connectivity index (χ0v) is 6.80. The first-order valence-electron chi connectivity index (χ1n) is 2.93. The molecule has 0 unspecified atom stereocenters. The predicted octanol–water partition coefficient (Wildman–Crippen LogP) is 2.31. The molecule has 0 fully saturated rings. The van der Waals surface area contributed by atoms with Crippen LogP contribution in [0.2, 0.25) is 0 Å². The van der Waals surface area contributed by atoms with E-state index in [2.05, 4.69) is 0 Å². The number of carbonyl (C=O) groups excluding carboxylic acids is 1. The highest BCUT2D eigenvalue weighted by Gasteiger charge is 2.20. The summed E-state index contributed by atoms with van der Waals surface area (Å²) in [5.41, 5.74) is 0. The molecule has 0 atom stereocenters. The number of halogens is 2. The fourth-order valence-electron chi connectivity index (χ4n) is 0.374. The topological polar surface area (TPSA) is 17.1 Å². The summed E-state index contributed by atoms with van der Waals surface area (Å²) in [6.45, 7) is 2.23. The number of alkyl halides is 2. The summed E-state index contributed by atoms with van der Waals surface area (Å²) < 4.78 is 24.1. The number of carbonyl (C=O) groups is 1. The van der Waals surface area contributed by atoms with Gasteiger partial charge in [0.15, 0.2) is 5.12 Å². The van der Waals surface area contributed by atoms with Gasteiger partial charge in [0.2, 0.25) is 5.92 Å². The van der Waals surface area contributed by atoms with Gasteiger partial charge in [-0.2, -0.15) is 0 Å². The smallest absolute Gasteiger partial charge is 0.246 e. The summed E-state index contributed by atoms with van der Waals surface area (Å²) in [4.78, 5) is 10.2. The Labute approximate surface area is 63.2 Å². The highest BCUT2D eigenvalue weighted by Crippen LogP contribution is 2.19. The molecule has 0 aliphatic rings. The third-order valence-electron chi connectivity index (χ3n) is 0.846. The van der Waals surface area contributed by atoms with Gasteiger partial charge in [0, 0.05) is 19.1 Å². The molecule has 0 N–H and O–H groups in total. The minimum absolute atomic E-state index is 0.107. The van der Waals surface area contributed by atoms with Crippen LogP contribution in [0.15, 0.2) is 0 Å². The maximum Gasteiger partial charge on any atom is 0.246 e. The van der Waals surface area contributed by atoms with Gasteiger partial charge in [0.05, 0.1) is 0 Å². The van der Waals surface area contributed by atoms with Gasteiger partial charge in [0.1, 0.15) is 0 Å². The van der Waals surface area contributed by atoms with Crippen molar-refractivity contribution < 1.29 is 13.6 Å². The predicted molar refractivity (Wildman–Crippen MR) is 38.4 cm³/mol. The average Bonchev–Trinajstić information content (AvgIpc) is 1.59. The molecule has 0 radical (unpaired) electrons. The Morgan fingerprint density at radius 1 is 1.60 bits per heavy atom. The van der Waals surface area contributed by atoms with Crippen molar-refractivity contribution in [2.24, 2.45) is 0 Å². The first-order chi connectivity index (χ1) is 4.42. The lowest BCUT2D eigenvalue weighted by molar-refractivity contribution is -0.109. The maximum atomic E-state index is 12.0. The third-order valence-corrected chi connectivity index (χ3v) is 1.66. The summed E-state index contributed by atoms with van der Waals surface area (Å²) in [6, 6.07) is 0. The minimum atomic E-state index is -2.64. The van der Waals surface area contributed by atoms with Crippen molar-refractivity contribution >= 4 is 16.9 Å². The standard InChI is InChI=1S/C6H10F2OS/c1-5(9)10-4-3-6(2,7)8/h3-4H2,1-2H3. The Kier molecular flexibility index (Phi) is 3.86. The van der Waals surface area contributed by atoms with Crippen molar-refractivity contribution in [3.05, 3.63) is 0 Å². The molecule has 0 saturated heterocycles. The first-order valence-corrected chi connectivity index (χ1v) is 3.91. The van der Waals surface area contributed by atoms with Crippen molar-refractivity contribution in [1.82, 2.24) is 0 Å². The van der Waals surface area contributed by atoms with Gasteiger partial charge >= 0.3 is 0 Å². The van der Waals surface area contributed by atoms with Crippen LogP contribution >= 0.6 is 11.8 Å². The van der Waals surface area contributed by atoms with Crippen LogP contribution in [0.1, 0.15) is 20.3 Å². The van der Waals surface area contributed by atoms with Crippen LogP contribution in [0.25, 0.3) is 0 Å². The summed E-state index contributed by atoms with van der Waals surface area (Å²) >= 11 is 0.939. The van der Waals surface area contributed by atoms with E-state index < -0.39 is 5.92 Å². The second-order valence-corrected chi connectivity index (χ2v) is 3.43. The first kappa shape index (κ1) is 9.88. The summed E-state index contributed by atoms with van der Waals surface area (Å²) in [5.74, 6) is -2.43. The van der Waals surface area contributed by atoms with Crippen LogP contribution < -0.4 is 0 Å². The van der Waals surface area contributed by atoms with E-state index in [0.29, 0.717) is 0 Å². The van der Waals surface area contributed by atoms with Gasteiger partial charge in [-0.25, -0.2) is 8.78 Å². The molecule has 0 aliphatic carbocycles. The lowest BCUT2D eigenvalue weighted by Crippen LogP contribution is -2.10. The molecule has 60 valence electrons. The summed E-state index contributed by atoms with van der Waals surface area (Å²) in [7, 11) is 0. The molecule has 0 rings (SSSR count). The molecule has 0 spiro atoms. The van der Waals surface area contributed by atoms with Crippen LogP contribution in [0.5, 0.6) is 0 Å². The Hall–Kier alpha value is -0.120. The van der Waals surface area contributed by atoms with Crippen molar-refractivity contribution in [3.8, 4) is 0 Å². The molecule has 4 heteroatoms.